The van der Waals surface area contributed by atoms with Crippen LogP contribution in [-0.2, 0) is 121 Å². The molecule has 10 aromatic rings. The average molecular weight is 1990 g/mol. The summed E-state index contributed by atoms with van der Waals surface area (Å²) in [5.74, 6) is -2.50. The van der Waals surface area contributed by atoms with Crippen LogP contribution in [0.3, 0.4) is 0 Å². The molecule has 34 heteroatoms. The topological polar surface area (TPSA) is 392 Å². The number of amides is 4. The number of fused-ring (bicyclic) bond motifs is 16. The van der Waals surface area contributed by atoms with Crippen molar-refractivity contribution >= 4 is 135 Å². The van der Waals surface area contributed by atoms with E-state index in [9.17, 15) is 81.3 Å². The molecule has 6 aromatic carbocycles. The van der Waals surface area contributed by atoms with Gasteiger partial charge in [-0.2, -0.15) is 47.9 Å². The molecule has 4 aliphatic heterocycles. The summed E-state index contributed by atoms with van der Waals surface area (Å²) in [7, 11) is 0. The molecule has 2 aliphatic carbocycles. The zero-order valence-electron chi connectivity index (χ0n) is 79.8. The number of nitrogens with zero attached hydrogens (tertiary/aromatic N) is 4. The van der Waals surface area contributed by atoms with Crippen molar-refractivity contribution in [3.63, 3.8) is 0 Å². The summed E-state index contributed by atoms with van der Waals surface area (Å²) >= 11 is 9.41. The lowest BCUT2D eigenvalue weighted by Gasteiger charge is -2.31. The minimum absolute atomic E-state index is 0.0260. The zero-order valence-corrected chi connectivity index (χ0v) is 83.2. The molecule has 0 bridgehead atoms. The molecule has 28 nitrogen and oxygen atoms in total. The van der Waals surface area contributed by atoms with Gasteiger partial charge in [-0.15, -0.1) is 0 Å². The van der Waals surface area contributed by atoms with Crippen LogP contribution in [0.5, 0.6) is 0 Å². The first kappa shape index (κ1) is 104. The summed E-state index contributed by atoms with van der Waals surface area (Å²) < 4.78 is 58.7. The Bertz CT molecular complexity index is 6620. The molecule has 8 heterocycles. The number of hydrogen-bond donors (Lipinski definition) is 7. The van der Waals surface area contributed by atoms with Gasteiger partial charge in [0.05, 0.1) is 82.6 Å². The molecule has 736 valence electrons. The quantitative estimate of drug-likeness (QED) is 0.00625. The van der Waals surface area contributed by atoms with Gasteiger partial charge in [-0.3, -0.25) is 47.9 Å². The van der Waals surface area contributed by atoms with Crippen molar-refractivity contribution in [2.75, 3.05) is 48.7 Å². The molecule has 0 saturated carbocycles. The molecule has 140 heavy (non-hydrogen) atoms. The Morgan fingerprint density at radius 2 is 0.907 bits per heavy atom. The fourth-order valence-electron chi connectivity index (χ4n) is 18.5. The Kier molecular flexibility index (Phi) is 33.4. The summed E-state index contributed by atoms with van der Waals surface area (Å²) in [6.45, 7) is 17.7. The molecule has 0 spiro atoms. The molecule has 6 aliphatic rings. The lowest BCUT2D eigenvalue weighted by atomic mass is 9.86. The zero-order chi connectivity index (χ0) is 100. The van der Waals surface area contributed by atoms with E-state index >= 15 is 0 Å². The second-order valence-electron chi connectivity index (χ2n) is 36.3. The third-order valence-electron chi connectivity index (χ3n) is 26.8. The van der Waals surface area contributed by atoms with Crippen molar-refractivity contribution in [2.24, 2.45) is 17.8 Å². The van der Waals surface area contributed by atoms with Crippen molar-refractivity contribution < 1.29 is 95.4 Å². The number of thioether (sulfide) groups is 3. The van der Waals surface area contributed by atoms with Gasteiger partial charge in [0.1, 0.15) is 38.1 Å². The van der Waals surface area contributed by atoms with E-state index in [2.05, 4.69) is 62.9 Å². The van der Waals surface area contributed by atoms with E-state index in [0.717, 1.165) is 113 Å². The average Bonchev–Trinajstić information content (AvgIpc) is 1.56. The SMILES string of the molecule is CC(=O)OCNC(=O)[C@H](C)CC(=O)[C@H](C)NC(=O)[C@H](C)CC(=O)OCC1c2ccccc2-c2ccccc21.CC[C@@]1(O)C(=O)OCc2c1cc1n(c2=O)Cc2c-1nc1cc(F)c(C)cc1c2CSCCCS.CC[C@@]1(O)C(=O)OCc2c1cc1n(c2=O)Cc2c-1nc1cc(F)c(C)cc1c2CSCCCSCCC(=O)[C@H](C)NC(=O)[C@H](C)CC(=O)[C@H](C)NC(=O)OCC1c2ccccc2-c2ccccc21. The van der Waals surface area contributed by atoms with Crippen LogP contribution in [0.4, 0.5) is 13.6 Å². The number of cyclic esters (lactones) is 2. The third-order valence-corrected chi connectivity index (χ3v) is 30.3. The summed E-state index contributed by atoms with van der Waals surface area (Å²) in [4.78, 5) is 174. The number of Topliss-reactive ketones (excluding diaryl/α,β-unsaturated/α-hetero) is 3. The van der Waals surface area contributed by atoms with E-state index in [1.54, 1.807) is 125 Å². The molecular formula is C106H114F2N8O20S4. The highest BCUT2D eigenvalue weighted by atomic mass is 32.2. The normalized spacial score (nSPS) is 16.6. The number of esters is 4. The predicted molar refractivity (Wildman–Crippen MR) is 534 cm³/mol. The number of pyridine rings is 4. The summed E-state index contributed by atoms with van der Waals surface area (Å²) in [5, 5.41) is 34.4. The largest absolute Gasteiger partial charge is 0.465 e. The number of ether oxygens (including phenoxy) is 5. The van der Waals surface area contributed by atoms with Crippen molar-refractivity contribution in [1.29, 1.82) is 0 Å². The minimum Gasteiger partial charge on any atom is -0.465 e. The van der Waals surface area contributed by atoms with E-state index < -0.39 is 101 Å². The first-order valence-corrected chi connectivity index (χ1v) is 51.1. The van der Waals surface area contributed by atoms with Gasteiger partial charge in [0.2, 0.25) is 17.7 Å². The van der Waals surface area contributed by atoms with E-state index in [-0.39, 0.29) is 147 Å². The van der Waals surface area contributed by atoms with Crippen LogP contribution in [0.1, 0.15) is 203 Å². The lowest BCUT2D eigenvalue weighted by Crippen LogP contribution is -2.44. The van der Waals surface area contributed by atoms with Crippen LogP contribution < -0.4 is 32.4 Å². The van der Waals surface area contributed by atoms with Crippen LogP contribution in [-0.4, -0.2) is 161 Å². The Balaban J connectivity index is 0.000000183. The number of benzene rings is 6. The number of thiol groups is 1. The number of aromatic nitrogens is 4. The van der Waals surface area contributed by atoms with Gasteiger partial charge in [0.15, 0.2) is 35.3 Å². The highest BCUT2D eigenvalue weighted by Gasteiger charge is 2.48. The maximum Gasteiger partial charge on any atom is 0.407 e. The highest BCUT2D eigenvalue weighted by molar-refractivity contribution is 7.99. The lowest BCUT2D eigenvalue weighted by molar-refractivity contribution is -0.172. The monoisotopic (exact) mass is 1980 g/mol. The van der Waals surface area contributed by atoms with Gasteiger partial charge in [0, 0.05) is 118 Å². The number of hydrogen-bond acceptors (Lipinski definition) is 26. The first-order valence-electron chi connectivity index (χ1n) is 47.0. The van der Waals surface area contributed by atoms with Gasteiger partial charge in [-0.05, 0) is 174 Å². The molecule has 16 rings (SSSR count). The summed E-state index contributed by atoms with van der Waals surface area (Å²) in [6.07, 6.45) is 1.13. The van der Waals surface area contributed by atoms with Crippen molar-refractivity contribution in [3.8, 4) is 45.0 Å². The highest BCUT2D eigenvalue weighted by Crippen LogP contribution is 2.49. The van der Waals surface area contributed by atoms with Gasteiger partial charge in [-0.25, -0.2) is 33.1 Å². The molecule has 0 fully saturated rings. The van der Waals surface area contributed by atoms with E-state index in [1.165, 1.54) is 26.0 Å². The van der Waals surface area contributed by atoms with Crippen LogP contribution in [0.15, 0.2) is 143 Å². The second kappa shape index (κ2) is 45.2. The molecule has 0 unspecified atom stereocenters. The predicted octanol–water partition coefficient (Wildman–Crippen LogP) is 15.1. The molecule has 0 saturated heterocycles. The van der Waals surface area contributed by atoms with Gasteiger partial charge >= 0.3 is 30.0 Å². The fraction of sp³-hybridized carbons (Fsp3) is 0.406. The van der Waals surface area contributed by atoms with Gasteiger partial charge in [-0.1, -0.05) is 132 Å². The number of aryl methyl sites for hydroxylation is 2. The Hall–Kier alpha value is -12.2. The standard InChI is InChI=1S/C52H55FN4O9S2.C29H34N2O7.C25H25FN2O4S2/c1-6-52(64)41-22-44-47-37(24-57(44)49(61)39(41)26-65-50(52)62)40(36-20-28(2)42(53)23-43(36)56-47)27-68-18-11-17-67-19-16-45(58)30(4)54-48(60)29(3)21-46(59)31(5)55-51(63)66-25-38-34-14-9-7-12-32(34)33-13-8-10-15-35(33)38;1-17(28(35)30-16-38-20(4)32)13-26(33)19(3)31-29(36)18(2)14-27(34)37-15-25-23-11-7-5-9-21(23)22-10-6-8-12-24(22)25;1-3-25(31)18-8-21-22-15(10-28(21)23(29)16(18)11-32-24(25)30)17(12-34-6-4-5-33)14-7-13(2)19(26)9-20(14)27-22/h7-10,12-15,20,22-23,29-31,38,64H,6,11,16-19,21,24-27H2,1-5H3,(H,54,60)(H,55,63);5-12,17-19,25H,13-16H2,1-4H3,(H,30,35)(H,31,36);7-9,31,33H,3-6,10-12H2,1-2H3/t29-,30+,31+,52+;17-,18-,19+;25-/m110/s1. The Labute approximate surface area is 826 Å². The molecule has 4 amide bonds. The number of rotatable bonds is 37. The number of aliphatic hydroxyl groups is 2. The van der Waals surface area contributed by atoms with Crippen LogP contribution in [0.25, 0.3) is 66.8 Å². The first-order chi connectivity index (χ1) is 67.0. The van der Waals surface area contributed by atoms with Crippen LogP contribution in [0.2, 0.25) is 0 Å². The molecule has 0 radical (unpaired) electrons. The number of alkyl carbamates (subject to hydrolysis) is 1. The molecular weight excluding hydrogens is 1870 g/mol. The maximum atomic E-state index is 14.9. The number of nitrogens with one attached hydrogen (secondary N) is 4. The number of ketones is 3. The third kappa shape index (κ3) is 22.2. The minimum atomic E-state index is -1.95. The van der Waals surface area contributed by atoms with E-state index in [4.69, 9.17) is 28.9 Å². The van der Waals surface area contributed by atoms with E-state index in [0.29, 0.717) is 68.7 Å². The van der Waals surface area contributed by atoms with Gasteiger partial charge in [0.25, 0.3) is 11.1 Å². The van der Waals surface area contributed by atoms with E-state index in [1.807, 2.05) is 78.9 Å². The fourth-order valence-corrected chi connectivity index (χ4v) is 22.0. The van der Waals surface area contributed by atoms with Crippen LogP contribution >= 0.6 is 47.9 Å². The summed E-state index contributed by atoms with van der Waals surface area (Å²) in [5.41, 5.74) is 13.3. The van der Waals surface area contributed by atoms with Crippen molar-refractivity contribution in [1.82, 2.24) is 40.4 Å². The van der Waals surface area contributed by atoms with Crippen molar-refractivity contribution in [3.05, 3.63) is 244 Å². The maximum absolute atomic E-state index is 14.9. The van der Waals surface area contributed by atoms with Crippen molar-refractivity contribution in [2.45, 2.75) is 207 Å². The number of carbonyl (C=O) groups is 11. The van der Waals surface area contributed by atoms with Crippen LogP contribution in [0, 0.1) is 43.2 Å². The second-order valence-corrected chi connectivity index (χ2v) is 40.2. The number of carbonyl (C=O) groups excluding carboxylic acids is 11. The molecule has 8 atom stereocenters. The molecule has 4 aromatic heterocycles. The Morgan fingerprint density at radius 3 is 1.34 bits per heavy atom. The smallest absolute Gasteiger partial charge is 0.407 e. The molecule has 6 N–H and O–H groups in total. The summed E-state index contributed by atoms with van der Waals surface area (Å²) in [6, 6.07) is 39.5. The Morgan fingerprint density at radius 1 is 0.507 bits per heavy atom. The van der Waals surface area contributed by atoms with Gasteiger partial charge < -0.3 is 64.3 Å². The number of halogens is 2.